The topological polar surface area (TPSA) is 72.2 Å². The number of halogens is 1. The molecule has 0 aliphatic carbocycles. The van der Waals surface area contributed by atoms with Crippen LogP contribution in [0, 0.1) is 6.92 Å². The summed E-state index contributed by atoms with van der Waals surface area (Å²) in [5, 5.41) is 3.93. The Bertz CT molecular complexity index is 696. The number of sulfonamides is 1. The maximum Gasteiger partial charge on any atom is 0.241 e. The van der Waals surface area contributed by atoms with Crippen molar-refractivity contribution in [2.45, 2.75) is 18.4 Å². The molecule has 0 atom stereocenters. The summed E-state index contributed by atoms with van der Waals surface area (Å²) in [5.74, 6) is 0. The molecule has 102 valence electrons. The SMILES string of the molecule is Cc1cscc1CNS(=O)(=O)c1ccc(N)cc1Br. The van der Waals surface area contributed by atoms with Crippen LogP contribution in [0.2, 0.25) is 0 Å². The normalized spacial score (nSPS) is 11.7. The number of benzene rings is 1. The predicted octanol–water partition coefficient (Wildman–Crippen LogP) is 2.88. The number of thiophene rings is 1. The Labute approximate surface area is 124 Å². The van der Waals surface area contributed by atoms with Gasteiger partial charge in [-0.25, -0.2) is 13.1 Å². The van der Waals surface area contributed by atoms with Crippen LogP contribution in [0.25, 0.3) is 0 Å². The first-order valence-electron chi connectivity index (χ1n) is 5.46. The van der Waals surface area contributed by atoms with E-state index in [0.29, 0.717) is 10.2 Å². The van der Waals surface area contributed by atoms with Gasteiger partial charge in [0.1, 0.15) is 0 Å². The fourth-order valence-electron chi connectivity index (χ4n) is 1.55. The molecule has 0 spiro atoms. The zero-order chi connectivity index (χ0) is 14.0. The van der Waals surface area contributed by atoms with Crippen LogP contribution in [0.3, 0.4) is 0 Å². The van der Waals surface area contributed by atoms with Gasteiger partial charge in [0.05, 0.1) is 4.90 Å². The van der Waals surface area contributed by atoms with Gasteiger partial charge < -0.3 is 5.73 Å². The number of aryl methyl sites for hydroxylation is 1. The minimum absolute atomic E-state index is 0.189. The summed E-state index contributed by atoms with van der Waals surface area (Å²) in [6.07, 6.45) is 0. The molecule has 3 N–H and O–H groups in total. The lowest BCUT2D eigenvalue weighted by Gasteiger charge is -2.09. The third-order valence-electron chi connectivity index (χ3n) is 2.66. The summed E-state index contributed by atoms with van der Waals surface area (Å²) in [6, 6.07) is 4.63. The summed E-state index contributed by atoms with van der Waals surface area (Å²) in [4.78, 5) is 0.189. The molecule has 0 bridgehead atoms. The van der Waals surface area contributed by atoms with E-state index in [1.165, 1.54) is 6.07 Å². The van der Waals surface area contributed by atoms with Gasteiger partial charge in [0.2, 0.25) is 10.0 Å². The van der Waals surface area contributed by atoms with Crippen LogP contribution < -0.4 is 10.5 Å². The number of hydrogen-bond donors (Lipinski definition) is 2. The average Bonchev–Trinajstić information content (AvgIpc) is 2.72. The number of hydrogen-bond acceptors (Lipinski definition) is 4. The van der Waals surface area contributed by atoms with Crippen molar-refractivity contribution >= 4 is 43.0 Å². The summed E-state index contributed by atoms with van der Waals surface area (Å²) < 4.78 is 27.4. The van der Waals surface area contributed by atoms with Crippen LogP contribution in [0.1, 0.15) is 11.1 Å². The lowest BCUT2D eigenvalue weighted by molar-refractivity contribution is 0.581. The molecule has 1 aromatic heterocycles. The first-order chi connectivity index (χ1) is 8.90. The van der Waals surface area contributed by atoms with E-state index in [1.807, 2.05) is 17.7 Å². The lowest BCUT2D eigenvalue weighted by Crippen LogP contribution is -2.23. The molecular formula is C12H13BrN2O2S2. The van der Waals surface area contributed by atoms with Crippen LogP contribution in [-0.2, 0) is 16.6 Å². The summed E-state index contributed by atoms with van der Waals surface area (Å²) >= 11 is 4.78. The van der Waals surface area contributed by atoms with Gasteiger partial charge in [0, 0.05) is 16.7 Å². The third-order valence-corrected chi connectivity index (χ3v) is 5.95. The molecule has 4 nitrogen and oxygen atoms in total. The molecule has 1 aromatic carbocycles. The smallest absolute Gasteiger partial charge is 0.241 e. The molecule has 0 amide bonds. The van der Waals surface area contributed by atoms with Gasteiger partial charge in [-0.2, -0.15) is 11.3 Å². The van der Waals surface area contributed by atoms with Crippen molar-refractivity contribution in [3.63, 3.8) is 0 Å². The van der Waals surface area contributed by atoms with Gasteiger partial charge in [-0.15, -0.1) is 0 Å². The van der Waals surface area contributed by atoms with Crippen LogP contribution >= 0.6 is 27.3 Å². The zero-order valence-electron chi connectivity index (χ0n) is 10.2. The molecule has 0 fully saturated rings. The standard InChI is InChI=1S/C12H13BrN2O2S2/c1-8-6-18-7-9(8)5-15-19(16,17)12-3-2-10(14)4-11(12)13/h2-4,6-7,15H,5,14H2,1H3. The molecule has 1 heterocycles. The Hall–Kier alpha value is -0.890. The second-order valence-corrected chi connectivity index (χ2v) is 7.43. The highest BCUT2D eigenvalue weighted by molar-refractivity contribution is 9.10. The second-order valence-electron chi connectivity index (χ2n) is 4.09. The first-order valence-corrected chi connectivity index (χ1v) is 8.68. The molecule has 0 aliphatic heterocycles. The van der Waals surface area contributed by atoms with E-state index < -0.39 is 10.0 Å². The molecule has 2 rings (SSSR count). The van der Waals surface area contributed by atoms with E-state index in [9.17, 15) is 8.42 Å². The Morgan fingerprint density at radius 2 is 2.11 bits per heavy atom. The highest BCUT2D eigenvalue weighted by atomic mass is 79.9. The summed E-state index contributed by atoms with van der Waals surface area (Å²) in [7, 11) is -3.55. The summed E-state index contributed by atoms with van der Waals surface area (Å²) in [6.45, 7) is 2.24. The van der Waals surface area contributed by atoms with E-state index in [2.05, 4.69) is 20.7 Å². The fourth-order valence-corrected chi connectivity index (χ4v) is 4.51. The van der Waals surface area contributed by atoms with E-state index in [0.717, 1.165) is 11.1 Å². The molecule has 0 saturated carbocycles. The minimum Gasteiger partial charge on any atom is -0.399 e. The number of nitrogens with one attached hydrogen (secondary N) is 1. The van der Waals surface area contributed by atoms with Gasteiger partial charge in [-0.3, -0.25) is 0 Å². The van der Waals surface area contributed by atoms with E-state index in [1.54, 1.807) is 23.5 Å². The van der Waals surface area contributed by atoms with E-state index in [-0.39, 0.29) is 11.4 Å². The van der Waals surface area contributed by atoms with Gasteiger partial charge in [-0.05, 0) is 62.9 Å². The van der Waals surface area contributed by atoms with Gasteiger partial charge in [-0.1, -0.05) is 0 Å². The number of rotatable bonds is 4. The average molecular weight is 361 g/mol. The zero-order valence-corrected chi connectivity index (χ0v) is 13.4. The molecule has 19 heavy (non-hydrogen) atoms. The highest BCUT2D eigenvalue weighted by Gasteiger charge is 2.17. The van der Waals surface area contributed by atoms with Crippen molar-refractivity contribution in [1.29, 1.82) is 0 Å². The van der Waals surface area contributed by atoms with Crippen molar-refractivity contribution in [3.05, 3.63) is 44.6 Å². The Morgan fingerprint density at radius 1 is 1.37 bits per heavy atom. The molecule has 0 aliphatic rings. The third kappa shape index (κ3) is 3.36. The quantitative estimate of drug-likeness (QED) is 0.823. The first kappa shape index (κ1) is 14.5. The van der Waals surface area contributed by atoms with Crippen LogP contribution in [0.5, 0.6) is 0 Å². The molecule has 0 radical (unpaired) electrons. The lowest BCUT2D eigenvalue weighted by atomic mass is 10.2. The molecular weight excluding hydrogens is 348 g/mol. The minimum atomic E-state index is -3.55. The van der Waals surface area contributed by atoms with Crippen LogP contribution in [0.4, 0.5) is 5.69 Å². The molecule has 0 saturated heterocycles. The van der Waals surface area contributed by atoms with Gasteiger partial charge in [0.25, 0.3) is 0 Å². The number of nitrogen functional groups attached to an aromatic ring is 1. The van der Waals surface area contributed by atoms with Crippen molar-refractivity contribution in [3.8, 4) is 0 Å². The molecule has 7 heteroatoms. The fraction of sp³-hybridized carbons (Fsp3) is 0.167. The van der Waals surface area contributed by atoms with Gasteiger partial charge >= 0.3 is 0 Å². The van der Waals surface area contributed by atoms with E-state index >= 15 is 0 Å². The van der Waals surface area contributed by atoms with Crippen LogP contribution in [0.15, 0.2) is 38.3 Å². The molecule has 0 unspecified atom stereocenters. The number of nitrogens with two attached hydrogens (primary N) is 1. The maximum atomic E-state index is 12.2. The van der Waals surface area contributed by atoms with E-state index in [4.69, 9.17) is 5.73 Å². The highest BCUT2D eigenvalue weighted by Crippen LogP contribution is 2.24. The van der Waals surface area contributed by atoms with Crippen molar-refractivity contribution in [1.82, 2.24) is 4.72 Å². The second kappa shape index (κ2) is 5.62. The Kier molecular flexibility index (Phi) is 4.29. The maximum absolute atomic E-state index is 12.2. The van der Waals surface area contributed by atoms with Crippen molar-refractivity contribution in [2.75, 3.05) is 5.73 Å². The predicted molar refractivity (Wildman–Crippen MR) is 81.6 cm³/mol. The van der Waals surface area contributed by atoms with Crippen LogP contribution in [-0.4, -0.2) is 8.42 Å². The summed E-state index contributed by atoms with van der Waals surface area (Å²) in [5.41, 5.74) is 8.18. The monoisotopic (exact) mass is 360 g/mol. The Balaban J connectivity index is 2.21. The molecule has 2 aromatic rings. The Morgan fingerprint density at radius 3 is 2.68 bits per heavy atom. The van der Waals surface area contributed by atoms with Gasteiger partial charge in [0.15, 0.2) is 0 Å². The number of anilines is 1. The van der Waals surface area contributed by atoms with Crippen molar-refractivity contribution in [2.24, 2.45) is 0 Å². The largest absolute Gasteiger partial charge is 0.399 e. The van der Waals surface area contributed by atoms with Crippen molar-refractivity contribution < 1.29 is 8.42 Å².